The van der Waals surface area contributed by atoms with Crippen molar-refractivity contribution in [3.8, 4) is 0 Å². The third-order valence-electron chi connectivity index (χ3n) is 4.71. The molecule has 6 heteroatoms. The molecule has 0 bridgehead atoms. The zero-order valence-corrected chi connectivity index (χ0v) is 18.0. The van der Waals surface area contributed by atoms with Gasteiger partial charge in [-0.2, -0.15) is 0 Å². The van der Waals surface area contributed by atoms with Crippen LogP contribution in [0.25, 0.3) is 0 Å². The SMILES string of the molecule is CC[Si](C)(C)CC[Si](C)(C)CCC[Si](OC)(OC)OC. The Morgan fingerprint density at radius 2 is 1.10 bits per heavy atom. The molecule has 0 unspecified atom stereocenters. The summed E-state index contributed by atoms with van der Waals surface area (Å²) in [5.74, 6) is 0. The van der Waals surface area contributed by atoms with Crippen molar-refractivity contribution in [3.05, 3.63) is 0 Å². The summed E-state index contributed by atoms with van der Waals surface area (Å²) in [6.07, 6.45) is 1.18. The lowest BCUT2D eigenvalue weighted by molar-refractivity contribution is 0.123. The minimum Gasteiger partial charge on any atom is -0.377 e. The average molecular weight is 337 g/mol. The molecule has 0 aromatic carbocycles. The van der Waals surface area contributed by atoms with E-state index in [2.05, 4.69) is 33.1 Å². The van der Waals surface area contributed by atoms with Crippen LogP contribution in [0.1, 0.15) is 13.3 Å². The van der Waals surface area contributed by atoms with E-state index in [0.717, 1.165) is 6.04 Å². The van der Waals surface area contributed by atoms with Gasteiger partial charge in [-0.1, -0.05) is 63.7 Å². The largest absolute Gasteiger partial charge is 0.500 e. The van der Waals surface area contributed by atoms with Crippen molar-refractivity contribution < 1.29 is 13.3 Å². The van der Waals surface area contributed by atoms with Gasteiger partial charge in [0.25, 0.3) is 0 Å². The predicted molar refractivity (Wildman–Crippen MR) is 96.1 cm³/mol. The van der Waals surface area contributed by atoms with E-state index in [-0.39, 0.29) is 0 Å². The van der Waals surface area contributed by atoms with Gasteiger partial charge in [0.05, 0.1) is 0 Å². The second kappa shape index (κ2) is 8.85. The second-order valence-corrected chi connectivity index (χ2v) is 21.3. The molecular weight excluding hydrogens is 300 g/mol. The molecule has 0 aliphatic rings. The van der Waals surface area contributed by atoms with Crippen LogP contribution >= 0.6 is 0 Å². The molecule has 0 aromatic rings. The number of rotatable bonds is 11. The summed E-state index contributed by atoms with van der Waals surface area (Å²) in [7, 11) is 0.772. The van der Waals surface area contributed by atoms with Crippen molar-refractivity contribution in [2.24, 2.45) is 0 Å². The van der Waals surface area contributed by atoms with Crippen LogP contribution < -0.4 is 0 Å². The predicted octanol–water partition coefficient (Wildman–Crippen LogP) is 4.69. The van der Waals surface area contributed by atoms with Crippen molar-refractivity contribution >= 4 is 25.0 Å². The molecule has 0 spiro atoms. The molecule has 0 aromatic heterocycles. The summed E-state index contributed by atoms with van der Waals surface area (Å²) in [5, 5.41) is 0. The first-order valence-corrected chi connectivity index (χ1v) is 16.6. The van der Waals surface area contributed by atoms with E-state index < -0.39 is 25.0 Å². The van der Waals surface area contributed by atoms with E-state index >= 15 is 0 Å². The Labute approximate surface area is 129 Å². The Bertz CT molecular complexity index is 258. The first kappa shape index (κ1) is 20.5. The highest BCUT2D eigenvalue weighted by molar-refractivity contribution is 6.82. The molecule has 0 rings (SSSR count). The van der Waals surface area contributed by atoms with Crippen molar-refractivity contribution in [2.45, 2.75) is 69.8 Å². The molecule has 0 heterocycles. The van der Waals surface area contributed by atoms with Crippen LogP contribution in [-0.2, 0) is 13.3 Å². The van der Waals surface area contributed by atoms with E-state index in [4.69, 9.17) is 13.3 Å². The van der Waals surface area contributed by atoms with Gasteiger partial charge in [-0.15, -0.1) is 0 Å². The molecule has 122 valence electrons. The monoisotopic (exact) mass is 336 g/mol. The molecular formula is C14H36O3Si3. The minimum atomic E-state index is -2.35. The molecule has 20 heavy (non-hydrogen) atoms. The maximum absolute atomic E-state index is 5.50. The molecule has 0 N–H and O–H groups in total. The van der Waals surface area contributed by atoms with Gasteiger partial charge >= 0.3 is 8.80 Å². The fourth-order valence-electron chi connectivity index (χ4n) is 2.32. The highest BCUT2D eigenvalue weighted by Crippen LogP contribution is 2.28. The van der Waals surface area contributed by atoms with Gasteiger partial charge in [0.15, 0.2) is 0 Å². The third-order valence-corrected chi connectivity index (χ3v) is 14.9. The molecule has 0 amide bonds. The average Bonchev–Trinajstić information content (AvgIpc) is 2.42. The maximum Gasteiger partial charge on any atom is 0.500 e. The second-order valence-electron chi connectivity index (χ2n) is 7.33. The summed E-state index contributed by atoms with van der Waals surface area (Å²) in [4.78, 5) is 0. The Morgan fingerprint density at radius 1 is 0.650 bits per heavy atom. The summed E-state index contributed by atoms with van der Waals surface area (Å²) in [6.45, 7) is 12.5. The third kappa shape index (κ3) is 7.51. The molecule has 0 aliphatic heterocycles. The summed E-state index contributed by atoms with van der Waals surface area (Å²) >= 11 is 0. The zero-order valence-electron chi connectivity index (χ0n) is 15.0. The zero-order chi connectivity index (χ0) is 15.9. The van der Waals surface area contributed by atoms with Crippen LogP contribution in [0.2, 0.25) is 56.4 Å². The van der Waals surface area contributed by atoms with Crippen LogP contribution in [0, 0.1) is 0 Å². The van der Waals surface area contributed by atoms with E-state index in [1.807, 2.05) is 0 Å². The lowest BCUT2D eigenvalue weighted by Gasteiger charge is -2.29. The highest BCUT2D eigenvalue weighted by Gasteiger charge is 2.37. The topological polar surface area (TPSA) is 27.7 Å². The minimum absolute atomic E-state index is 0.914. The Balaban J connectivity index is 4.22. The fourth-order valence-corrected chi connectivity index (χ4v) is 11.5. The quantitative estimate of drug-likeness (QED) is 0.512. The molecule has 0 atom stereocenters. The van der Waals surface area contributed by atoms with Crippen molar-refractivity contribution in [1.29, 1.82) is 0 Å². The first-order valence-electron chi connectivity index (χ1n) is 7.81. The van der Waals surface area contributed by atoms with E-state index in [1.165, 1.54) is 30.6 Å². The Morgan fingerprint density at radius 3 is 1.50 bits per heavy atom. The molecule has 0 aliphatic carbocycles. The molecule has 3 nitrogen and oxygen atoms in total. The number of hydrogen-bond donors (Lipinski definition) is 0. The van der Waals surface area contributed by atoms with Gasteiger partial charge in [0, 0.05) is 43.5 Å². The van der Waals surface area contributed by atoms with Crippen LogP contribution in [0.5, 0.6) is 0 Å². The van der Waals surface area contributed by atoms with E-state index in [9.17, 15) is 0 Å². The number of hydrogen-bond acceptors (Lipinski definition) is 3. The van der Waals surface area contributed by atoms with Crippen LogP contribution in [0.15, 0.2) is 0 Å². The molecule has 0 fully saturated rings. The first-order chi connectivity index (χ1) is 9.16. The highest BCUT2D eigenvalue weighted by atomic mass is 28.4. The van der Waals surface area contributed by atoms with Crippen molar-refractivity contribution in [3.63, 3.8) is 0 Å². The summed E-state index contributed by atoms with van der Waals surface area (Å²) < 4.78 is 16.5. The van der Waals surface area contributed by atoms with Crippen LogP contribution in [0.4, 0.5) is 0 Å². The van der Waals surface area contributed by atoms with Crippen LogP contribution in [0.3, 0.4) is 0 Å². The standard InChI is InChI=1S/C14H36O3Si3/c1-9-18(5,6)13-14-19(7,8)11-10-12-20(15-2,16-3)17-4/h9-14H2,1-8H3. The molecule has 0 radical (unpaired) electrons. The van der Waals surface area contributed by atoms with Gasteiger partial charge in [-0.3, -0.25) is 0 Å². The Hall–Kier alpha value is 0.531. The summed E-state index contributed by atoms with van der Waals surface area (Å²) in [5.41, 5.74) is 0. The maximum atomic E-state index is 5.50. The fraction of sp³-hybridized carbons (Fsp3) is 1.00. The van der Waals surface area contributed by atoms with Gasteiger partial charge in [-0.05, 0) is 0 Å². The van der Waals surface area contributed by atoms with Gasteiger partial charge < -0.3 is 13.3 Å². The van der Waals surface area contributed by atoms with Crippen molar-refractivity contribution in [2.75, 3.05) is 21.3 Å². The summed E-state index contributed by atoms with van der Waals surface area (Å²) in [6, 6.07) is 6.67. The van der Waals surface area contributed by atoms with E-state index in [1.54, 1.807) is 21.3 Å². The van der Waals surface area contributed by atoms with Crippen LogP contribution in [-0.4, -0.2) is 46.3 Å². The lowest BCUT2D eigenvalue weighted by Crippen LogP contribution is -2.43. The van der Waals surface area contributed by atoms with Crippen molar-refractivity contribution in [1.82, 2.24) is 0 Å². The van der Waals surface area contributed by atoms with E-state index in [0.29, 0.717) is 0 Å². The normalized spacial score (nSPS) is 13.8. The Kier molecular flexibility index (Phi) is 9.08. The van der Waals surface area contributed by atoms with Gasteiger partial charge in [0.1, 0.15) is 0 Å². The molecule has 0 saturated carbocycles. The smallest absolute Gasteiger partial charge is 0.377 e. The lowest BCUT2D eigenvalue weighted by atomic mass is 10.6. The molecule has 0 saturated heterocycles. The van der Waals surface area contributed by atoms with Gasteiger partial charge in [0.2, 0.25) is 0 Å². The van der Waals surface area contributed by atoms with Gasteiger partial charge in [-0.25, -0.2) is 0 Å².